The van der Waals surface area contributed by atoms with Gasteiger partial charge in [-0.05, 0) is 60.1 Å². The van der Waals surface area contributed by atoms with Crippen LogP contribution in [0.3, 0.4) is 0 Å². The first-order valence-corrected chi connectivity index (χ1v) is 10.4. The van der Waals surface area contributed by atoms with Gasteiger partial charge in [0.25, 0.3) is 5.91 Å². The van der Waals surface area contributed by atoms with E-state index in [0.717, 1.165) is 23.3 Å². The molecule has 2 aromatic carbocycles. The quantitative estimate of drug-likeness (QED) is 0.619. The van der Waals surface area contributed by atoms with E-state index < -0.39 is 6.10 Å². The average molecular weight is 398 g/mol. The summed E-state index contributed by atoms with van der Waals surface area (Å²) in [5.74, 6) is 1.48. The summed E-state index contributed by atoms with van der Waals surface area (Å²) < 4.78 is 11.3. The lowest BCUT2D eigenvalue weighted by Gasteiger charge is -2.24. The zero-order valence-electron chi connectivity index (χ0n) is 18.8. The molecule has 0 saturated carbocycles. The van der Waals surface area contributed by atoms with Crippen LogP contribution in [0.5, 0.6) is 11.5 Å². The number of methoxy groups -OCH3 is 1. The van der Waals surface area contributed by atoms with Crippen molar-refractivity contribution >= 4 is 5.91 Å². The van der Waals surface area contributed by atoms with Gasteiger partial charge in [-0.3, -0.25) is 4.79 Å². The van der Waals surface area contributed by atoms with Crippen LogP contribution in [0.4, 0.5) is 0 Å². The molecule has 1 amide bonds. The summed E-state index contributed by atoms with van der Waals surface area (Å²) in [7, 11) is 1.66. The Morgan fingerprint density at radius 2 is 1.69 bits per heavy atom. The summed E-state index contributed by atoms with van der Waals surface area (Å²) >= 11 is 0. The summed E-state index contributed by atoms with van der Waals surface area (Å²) in [6, 6.07) is 14.0. The Morgan fingerprint density at radius 3 is 2.17 bits per heavy atom. The molecule has 2 atom stereocenters. The minimum absolute atomic E-state index is 0.0620. The van der Waals surface area contributed by atoms with E-state index in [4.69, 9.17) is 9.47 Å². The topological polar surface area (TPSA) is 47.6 Å². The fourth-order valence-corrected chi connectivity index (χ4v) is 3.32. The number of rotatable bonds is 8. The third-order valence-electron chi connectivity index (χ3n) is 5.21. The first-order chi connectivity index (χ1) is 13.7. The maximum absolute atomic E-state index is 12.9. The molecule has 0 saturated heterocycles. The molecule has 29 heavy (non-hydrogen) atoms. The molecule has 2 aromatic rings. The van der Waals surface area contributed by atoms with Crippen LogP contribution in [-0.4, -0.2) is 19.1 Å². The summed E-state index contributed by atoms with van der Waals surface area (Å²) in [5.41, 5.74) is 3.46. The maximum atomic E-state index is 12.9. The SMILES string of the molecule is CCC(Oc1ccc(C(C)(C)C)cc1)C(=O)NC(CC)c1ccc(OC)c(C)c1. The lowest BCUT2D eigenvalue weighted by atomic mass is 9.87. The second kappa shape index (κ2) is 9.82. The second-order valence-corrected chi connectivity index (χ2v) is 8.49. The van der Waals surface area contributed by atoms with Crippen molar-refractivity contribution in [1.82, 2.24) is 5.32 Å². The highest BCUT2D eigenvalue weighted by molar-refractivity contribution is 5.81. The standard InChI is InChI=1S/C25H35NO3/c1-8-21(18-10-15-23(28-7)17(3)16-18)26-24(27)22(9-2)29-20-13-11-19(12-14-20)25(4,5)6/h10-16,21-22H,8-9H2,1-7H3,(H,26,27). The van der Waals surface area contributed by atoms with Crippen molar-refractivity contribution in [3.63, 3.8) is 0 Å². The van der Waals surface area contributed by atoms with E-state index in [1.807, 2.05) is 38.1 Å². The molecule has 0 heterocycles. The summed E-state index contributed by atoms with van der Waals surface area (Å²) in [6.07, 6.45) is 0.878. The second-order valence-electron chi connectivity index (χ2n) is 8.49. The lowest BCUT2D eigenvalue weighted by molar-refractivity contribution is -0.128. The van der Waals surface area contributed by atoms with Crippen molar-refractivity contribution in [3.05, 3.63) is 59.2 Å². The van der Waals surface area contributed by atoms with Crippen molar-refractivity contribution in [3.8, 4) is 11.5 Å². The Balaban J connectivity index is 2.08. The number of nitrogens with one attached hydrogen (secondary N) is 1. The zero-order chi connectivity index (χ0) is 21.6. The van der Waals surface area contributed by atoms with Crippen molar-refractivity contribution < 1.29 is 14.3 Å². The highest BCUT2D eigenvalue weighted by Crippen LogP contribution is 2.26. The molecule has 1 N–H and O–H groups in total. The van der Waals surface area contributed by atoms with Crippen LogP contribution in [-0.2, 0) is 10.2 Å². The van der Waals surface area contributed by atoms with Crippen LogP contribution in [0.25, 0.3) is 0 Å². The molecule has 0 aliphatic rings. The zero-order valence-corrected chi connectivity index (χ0v) is 18.8. The summed E-state index contributed by atoms with van der Waals surface area (Å²) in [5, 5.41) is 3.15. The normalized spacial score (nSPS) is 13.5. The molecule has 0 radical (unpaired) electrons. The van der Waals surface area contributed by atoms with Crippen LogP contribution in [0.1, 0.15) is 70.2 Å². The van der Waals surface area contributed by atoms with Crippen molar-refractivity contribution in [2.45, 2.75) is 71.9 Å². The van der Waals surface area contributed by atoms with E-state index >= 15 is 0 Å². The third kappa shape index (κ3) is 5.99. The van der Waals surface area contributed by atoms with Gasteiger partial charge in [-0.1, -0.05) is 58.9 Å². The number of carbonyl (C=O) groups is 1. The smallest absolute Gasteiger partial charge is 0.261 e. The van der Waals surface area contributed by atoms with E-state index in [9.17, 15) is 4.79 Å². The molecule has 0 aromatic heterocycles. The molecule has 0 aliphatic heterocycles. The molecule has 0 aliphatic carbocycles. The van der Waals surface area contributed by atoms with Gasteiger partial charge < -0.3 is 14.8 Å². The molecule has 0 bridgehead atoms. The van der Waals surface area contributed by atoms with Gasteiger partial charge in [0.2, 0.25) is 0 Å². The van der Waals surface area contributed by atoms with E-state index in [2.05, 4.69) is 51.2 Å². The van der Waals surface area contributed by atoms with Gasteiger partial charge in [0, 0.05) is 0 Å². The number of amides is 1. The van der Waals surface area contributed by atoms with Crippen LogP contribution in [0, 0.1) is 6.92 Å². The number of hydrogen-bond donors (Lipinski definition) is 1. The van der Waals surface area contributed by atoms with Crippen molar-refractivity contribution in [1.29, 1.82) is 0 Å². The van der Waals surface area contributed by atoms with Crippen LogP contribution < -0.4 is 14.8 Å². The van der Waals surface area contributed by atoms with Gasteiger partial charge in [0.15, 0.2) is 6.10 Å². The van der Waals surface area contributed by atoms with Crippen LogP contribution in [0.15, 0.2) is 42.5 Å². The highest BCUT2D eigenvalue weighted by atomic mass is 16.5. The van der Waals surface area contributed by atoms with Gasteiger partial charge >= 0.3 is 0 Å². The number of ether oxygens (including phenoxy) is 2. The molecule has 4 nitrogen and oxygen atoms in total. The van der Waals surface area contributed by atoms with Gasteiger partial charge in [-0.15, -0.1) is 0 Å². The Labute approximate surface area is 175 Å². The molecule has 158 valence electrons. The van der Waals surface area contributed by atoms with Crippen molar-refractivity contribution in [2.75, 3.05) is 7.11 Å². The molecule has 4 heteroatoms. The fraction of sp³-hybridized carbons (Fsp3) is 0.480. The van der Waals surface area contributed by atoms with Gasteiger partial charge in [-0.2, -0.15) is 0 Å². The van der Waals surface area contributed by atoms with Gasteiger partial charge in [0.1, 0.15) is 11.5 Å². The Bertz CT molecular complexity index is 806. The summed E-state index contributed by atoms with van der Waals surface area (Å²) in [4.78, 5) is 12.9. The van der Waals surface area contributed by atoms with E-state index in [-0.39, 0.29) is 17.4 Å². The predicted octanol–water partition coefficient (Wildman–Crippen LogP) is 5.73. The number of aryl methyl sites for hydroxylation is 1. The molecule has 0 spiro atoms. The predicted molar refractivity (Wildman–Crippen MR) is 119 cm³/mol. The van der Waals surface area contributed by atoms with Crippen LogP contribution in [0.2, 0.25) is 0 Å². The van der Waals surface area contributed by atoms with Gasteiger partial charge in [-0.25, -0.2) is 0 Å². The third-order valence-corrected chi connectivity index (χ3v) is 5.21. The molecular formula is C25H35NO3. The fourth-order valence-electron chi connectivity index (χ4n) is 3.32. The van der Waals surface area contributed by atoms with E-state index in [1.165, 1.54) is 5.56 Å². The highest BCUT2D eigenvalue weighted by Gasteiger charge is 2.22. The Morgan fingerprint density at radius 1 is 1.03 bits per heavy atom. The minimum atomic E-state index is -0.524. The minimum Gasteiger partial charge on any atom is -0.496 e. The maximum Gasteiger partial charge on any atom is 0.261 e. The largest absolute Gasteiger partial charge is 0.496 e. The Hall–Kier alpha value is -2.49. The monoisotopic (exact) mass is 397 g/mol. The van der Waals surface area contributed by atoms with E-state index in [1.54, 1.807) is 7.11 Å². The van der Waals surface area contributed by atoms with Crippen LogP contribution >= 0.6 is 0 Å². The van der Waals surface area contributed by atoms with Gasteiger partial charge in [0.05, 0.1) is 13.2 Å². The molecule has 0 fully saturated rings. The Kier molecular flexibility index (Phi) is 7.72. The number of benzene rings is 2. The molecular weight excluding hydrogens is 362 g/mol. The first kappa shape index (κ1) is 22.8. The van der Waals surface area contributed by atoms with Crippen molar-refractivity contribution in [2.24, 2.45) is 0 Å². The first-order valence-electron chi connectivity index (χ1n) is 10.4. The molecule has 2 unspecified atom stereocenters. The molecule has 2 rings (SSSR count). The lowest BCUT2D eigenvalue weighted by Crippen LogP contribution is -2.40. The average Bonchev–Trinajstić information content (AvgIpc) is 2.69. The number of hydrogen-bond acceptors (Lipinski definition) is 3. The van der Waals surface area contributed by atoms with E-state index in [0.29, 0.717) is 12.2 Å². The summed E-state index contributed by atoms with van der Waals surface area (Å²) in [6.45, 7) is 12.6. The number of carbonyl (C=O) groups excluding carboxylic acids is 1.